The van der Waals surface area contributed by atoms with Gasteiger partial charge < -0.3 is 9.47 Å². The van der Waals surface area contributed by atoms with Gasteiger partial charge in [0.2, 0.25) is 0 Å². The van der Waals surface area contributed by atoms with Gasteiger partial charge in [-0.2, -0.15) is 0 Å². The van der Waals surface area contributed by atoms with E-state index in [1.165, 1.54) is 7.11 Å². The fraction of sp³-hybridized carbons (Fsp3) is 0.778. The zero-order valence-electron chi connectivity index (χ0n) is 8.99. The Bertz CT molecular complexity index is 219. The average molecular weight is 220 g/mol. The molecule has 2 unspecified atom stereocenters. The lowest BCUT2D eigenvalue weighted by atomic mass is 10.2. The zero-order valence-corrected chi connectivity index (χ0v) is 10.1. The molecule has 0 fully saturated rings. The molecule has 0 aromatic heterocycles. The van der Waals surface area contributed by atoms with Crippen LogP contribution in [-0.2, 0) is 19.1 Å². The topological polar surface area (TPSA) is 52.6 Å². The Morgan fingerprint density at radius 3 is 2.21 bits per heavy atom. The highest BCUT2D eigenvalue weighted by atomic mass is 31.0. The molecule has 14 heavy (non-hydrogen) atoms. The lowest BCUT2D eigenvalue weighted by Gasteiger charge is -2.20. The largest absolute Gasteiger partial charge is 0.469 e. The monoisotopic (exact) mass is 220 g/mol. The molecule has 0 aromatic rings. The second-order valence-corrected chi connectivity index (χ2v) is 4.72. The van der Waals surface area contributed by atoms with E-state index < -0.39 is 23.2 Å². The summed E-state index contributed by atoms with van der Waals surface area (Å²) in [5, 5.41) is 0. The van der Waals surface area contributed by atoms with E-state index in [4.69, 9.17) is 4.74 Å². The number of esters is 2. The van der Waals surface area contributed by atoms with Crippen LogP contribution in [0, 0.1) is 0 Å². The van der Waals surface area contributed by atoms with Crippen LogP contribution in [0.5, 0.6) is 0 Å². The van der Waals surface area contributed by atoms with Crippen LogP contribution in [0.1, 0.15) is 27.2 Å². The molecule has 0 aliphatic heterocycles. The van der Waals surface area contributed by atoms with E-state index in [1.807, 2.05) is 0 Å². The van der Waals surface area contributed by atoms with Crippen LogP contribution in [0.15, 0.2) is 0 Å². The van der Waals surface area contributed by atoms with Gasteiger partial charge in [-0.05, 0) is 20.8 Å². The van der Waals surface area contributed by atoms with Crippen molar-refractivity contribution < 1.29 is 19.1 Å². The van der Waals surface area contributed by atoms with Crippen LogP contribution in [0.25, 0.3) is 0 Å². The molecular weight excluding hydrogens is 203 g/mol. The summed E-state index contributed by atoms with van der Waals surface area (Å²) in [5.41, 5.74) is -1.05. The maximum Gasteiger partial charge on any atom is 0.313 e. The zero-order chi connectivity index (χ0) is 11.4. The number of rotatable bonds is 3. The van der Waals surface area contributed by atoms with Crippen molar-refractivity contribution in [3.8, 4) is 0 Å². The minimum absolute atomic E-state index is 0.0224. The Kier molecular flexibility index (Phi) is 5.06. The lowest BCUT2D eigenvalue weighted by molar-refractivity contribution is -0.157. The van der Waals surface area contributed by atoms with Crippen molar-refractivity contribution >= 4 is 21.2 Å². The predicted octanol–water partition coefficient (Wildman–Crippen LogP) is 1.13. The Hall–Kier alpha value is -0.630. The van der Waals surface area contributed by atoms with Gasteiger partial charge in [-0.3, -0.25) is 9.59 Å². The second kappa shape index (κ2) is 5.30. The van der Waals surface area contributed by atoms with Crippen LogP contribution in [0.2, 0.25) is 0 Å². The highest BCUT2D eigenvalue weighted by Crippen LogP contribution is 2.13. The third-order valence-electron chi connectivity index (χ3n) is 1.31. The van der Waals surface area contributed by atoms with E-state index in [0.29, 0.717) is 0 Å². The number of ether oxygens (including phenoxy) is 2. The SMILES string of the molecule is COC(=O)C(P)CC(=O)OC(C)(C)C. The van der Waals surface area contributed by atoms with E-state index in [0.717, 1.165) is 0 Å². The highest BCUT2D eigenvalue weighted by molar-refractivity contribution is 7.19. The Morgan fingerprint density at radius 1 is 1.36 bits per heavy atom. The van der Waals surface area contributed by atoms with Crippen molar-refractivity contribution in [2.75, 3.05) is 7.11 Å². The van der Waals surface area contributed by atoms with E-state index in [-0.39, 0.29) is 6.42 Å². The molecule has 0 saturated heterocycles. The third-order valence-corrected chi connectivity index (χ3v) is 1.82. The maximum absolute atomic E-state index is 11.2. The summed E-state index contributed by atoms with van der Waals surface area (Å²) >= 11 is 0. The van der Waals surface area contributed by atoms with Crippen molar-refractivity contribution in [2.45, 2.75) is 38.5 Å². The average Bonchev–Trinajstić information content (AvgIpc) is 1.99. The molecule has 0 bridgehead atoms. The normalized spacial score (nSPS) is 13.2. The van der Waals surface area contributed by atoms with Crippen molar-refractivity contribution in [3.63, 3.8) is 0 Å². The molecule has 0 N–H and O–H groups in total. The molecule has 2 atom stereocenters. The first-order chi connectivity index (χ1) is 6.26. The van der Waals surface area contributed by atoms with Crippen LogP contribution in [0.4, 0.5) is 0 Å². The molecule has 0 heterocycles. The smallest absolute Gasteiger partial charge is 0.313 e. The first kappa shape index (κ1) is 13.4. The van der Waals surface area contributed by atoms with E-state index >= 15 is 0 Å². The summed E-state index contributed by atoms with van der Waals surface area (Å²) in [6.07, 6.45) is 0.0224. The van der Waals surface area contributed by atoms with Crippen LogP contribution in [-0.4, -0.2) is 30.3 Å². The number of hydrogen-bond donors (Lipinski definition) is 0. The van der Waals surface area contributed by atoms with Crippen LogP contribution >= 0.6 is 9.24 Å². The van der Waals surface area contributed by atoms with Gasteiger partial charge in [-0.15, -0.1) is 9.24 Å². The molecule has 0 radical (unpaired) electrons. The summed E-state index contributed by atoms with van der Waals surface area (Å²) in [4.78, 5) is 22.2. The predicted molar refractivity (Wildman–Crippen MR) is 56.0 cm³/mol. The van der Waals surface area contributed by atoms with E-state index in [2.05, 4.69) is 14.0 Å². The fourth-order valence-electron chi connectivity index (χ4n) is 0.797. The third kappa shape index (κ3) is 5.92. The summed E-state index contributed by atoms with van der Waals surface area (Å²) in [6, 6.07) is 0. The van der Waals surface area contributed by atoms with Gasteiger partial charge in [0.05, 0.1) is 19.2 Å². The molecule has 0 amide bonds. The Balaban J connectivity index is 4.01. The molecule has 0 aliphatic carbocycles. The van der Waals surface area contributed by atoms with Gasteiger partial charge in [0.25, 0.3) is 0 Å². The van der Waals surface area contributed by atoms with Crippen molar-refractivity contribution in [1.29, 1.82) is 0 Å². The van der Waals surface area contributed by atoms with Gasteiger partial charge in [0.15, 0.2) is 0 Å². The molecule has 0 aliphatic rings. The maximum atomic E-state index is 11.2. The number of hydrogen-bond acceptors (Lipinski definition) is 4. The van der Waals surface area contributed by atoms with Gasteiger partial charge in [0.1, 0.15) is 5.60 Å². The van der Waals surface area contributed by atoms with Crippen molar-refractivity contribution in [2.24, 2.45) is 0 Å². The molecular formula is C9H17O4P. The second-order valence-electron chi connectivity index (χ2n) is 3.92. The highest BCUT2D eigenvalue weighted by Gasteiger charge is 2.22. The van der Waals surface area contributed by atoms with Gasteiger partial charge >= 0.3 is 11.9 Å². The number of methoxy groups -OCH3 is 1. The first-order valence-corrected chi connectivity index (χ1v) is 4.98. The van der Waals surface area contributed by atoms with E-state index in [9.17, 15) is 9.59 Å². The summed E-state index contributed by atoms with van der Waals surface area (Å²) < 4.78 is 9.52. The minimum atomic E-state index is -0.533. The van der Waals surface area contributed by atoms with Crippen LogP contribution < -0.4 is 0 Å². The van der Waals surface area contributed by atoms with Gasteiger partial charge in [-0.1, -0.05) is 0 Å². The molecule has 0 aromatic carbocycles. The minimum Gasteiger partial charge on any atom is -0.469 e. The molecule has 0 saturated carbocycles. The van der Waals surface area contributed by atoms with E-state index in [1.54, 1.807) is 20.8 Å². The summed E-state index contributed by atoms with van der Waals surface area (Å²) in [5.74, 6) is -0.830. The molecule has 0 rings (SSSR count). The van der Waals surface area contributed by atoms with Gasteiger partial charge in [0, 0.05) is 0 Å². The number of carbonyl (C=O) groups is 2. The summed E-state index contributed by atoms with van der Waals surface area (Å²) in [6.45, 7) is 5.34. The van der Waals surface area contributed by atoms with Crippen molar-refractivity contribution in [3.05, 3.63) is 0 Å². The summed E-state index contributed by atoms with van der Waals surface area (Å²) in [7, 11) is 3.54. The molecule has 4 nitrogen and oxygen atoms in total. The lowest BCUT2D eigenvalue weighted by Crippen LogP contribution is -2.27. The van der Waals surface area contributed by atoms with Crippen molar-refractivity contribution in [1.82, 2.24) is 0 Å². The quantitative estimate of drug-likeness (QED) is 0.528. The Labute approximate surface area is 86.5 Å². The number of carbonyl (C=O) groups excluding carboxylic acids is 2. The fourth-order valence-corrected chi connectivity index (χ4v) is 1.13. The Morgan fingerprint density at radius 2 is 1.86 bits per heavy atom. The van der Waals surface area contributed by atoms with Gasteiger partial charge in [-0.25, -0.2) is 0 Å². The standard InChI is InChI=1S/C9H17O4P/c1-9(2,3)13-7(10)5-6(14)8(11)12-4/h6H,5,14H2,1-4H3. The molecule has 0 spiro atoms. The molecule has 82 valence electrons. The first-order valence-electron chi connectivity index (χ1n) is 4.31. The van der Waals surface area contributed by atoms with Crippen LogP contribution in [0.3, 0.4) is 0 Å². The molecule has 5 heteroatoms.